The molecule has 0 saturated carbocycles. The van der Waals surface area contributed by atoms with Gasteiger partial charge in [-0.05, 0) is 36.8 Å². The predicted molar refractivity (Wildman–Crippen MR) is 117 cm³/mol. The van der Waals surface area contributed by atoms with Crippen LogP contribution in [0.2, 0.25) is 5.02 Å². The number of carboxylic acid groups (broad SMARTS) is 1. The zero-order chi connectivity index (χ0) is 22.1. The fourth-order valence-corrected chi connectivity index (χ4v) is 4.00. The van der Waals surface area contributed by atoms with E-state index in [4.69, 9.17) is 21.7 Å². The lowest BCUT2D eigenvalue weighted by molar-refractivity contribution is 0.0625. The van der Waals surface area contributed by atoms with Gasteiger partial charge in [0.25, 0.3) is 5.91 Å². The van der Waals surface area contributed by atoms with Crippen molar-refractivity contribution in [3.8, 4) is 17.3 Å². The van der Waals surface area contributed by atoms with Crippen LogP contribution in [-0.4, -0.2) is 58.1 Å². The molecule has 1 saturated heterocycles. The quantitative estimate of drug-likeness (QED) is 0.652. The zero-order valence-corrected chi connectivity index (χ0v) is 17.6. The van der Waals surface area contributed by atoms with E-state index in [-0.39, 0.29) is 19.0 Å². The molecular formula is C23H19ClN4O3. The van der Waals surface area contributed by atoms with Crippen molar-refractivity contribution in [2.24, 2.45) is 0 Å². The van der Waals surface area contributed by atoms with Crippen molar-refractivity contribution in [1.82, 2.24) is 14.8 Å². The third kappa shape index (κ3) is 3.90. The highest BCUT2D eigenvalue weighted by molar-refractivity contribution is 6.36. The summed E-state index contributed by atoms with van der Waals surface area (Å²) >= 11 is 6.62. The molecule has 0 aliphatic carbocycles. The average molecular weight is 435 g/mol. The number of benzene rings is 2. The van der Waals surface area contributed by atoms with E-state index in [1.165, 1.54) is 4.90 Å². The fraction of sp³-hybridized carbons (Fsp3) is 0.217. The van der Waals surface area contributed by atoms with E-state index in [9.17, 15) is 14.9 Å². The van der Waals surface area contributed by atoms with Gasteiger partial charge >= 0.3 is 6.09 Å². The summed E-state index contributed by atoms with van der Waals surface area (Å²) in [6.07, 6.45) is -0.972. The summed E-state index contributed by atoms with van der Waals surface area (Å²) in [5.41, 5.74) is 3.83. The Morgan fingerprint density at radius 3 is 2.48 bits per heavy atom. The Morgan fingerprint density at radius 2 is 1.81 bits per heavy atom. The lowest BCUT2D eigenvalue weighted by Gasteiger charge is -2.33. The molecule has 2 heterocycles. The minimum atomic E-state index is -0.972. The Hall–Kier alpha value is -3.63. The number of halogens is 1. The number of hydrogen-bond donors (Lipinski definition) is 1. The second-order valence-electron chi connectivity index (χ2n) is 7.39. The molecule has 31 heavy (non-hydrogen) atoms. The number of nitriles is 1. The molecule has 4 rings (SSSR count). The summed E-state index contributed by atoms with van der Waals surface area (Å²) in [4.78, 5) is 31.8. The largest absolute Gasteiger partial charge is 0.465 e. The highest BCUT2D eigenvalue weighted by Gasteiger charge is 2.25. The lowest BCUT2D eigenvalue weighted by Crippen LogP contribution is -2.50. The molecular weight excluding hydrogens is 416 g/mol. The van der Waals surface area contributed by atoms with Crippen LogP contribution in [0.25, 0.3) is 22.2 Å². The van der Waals surface area contributed by atoms with E-state index in [0.717, 1.165) is 16.5 Å². The van der Waals surface area contributed by atoms with Crippen molar-refractivity contribution < 1.29 is 14.7 Å². The van der Waals surface area contributed by atoms with Crippen molar-refractivity contribution >= 4 is 34.5 Å². The molecule has 0 unspecified atom stereocenters. The molecule has 156 valence electrons. The van der Waals surface area contributed by atoms with Crippen molar-refractivity contribution in [2.75, 3.05) is 26.2 Å². The fourth-order valence-electron chi connectivity index (χ4n) is 3.75. The van der Waals surface area contributed by atoms with Crippen molar-refractivity contribution in [3.63, 3.8) is 0 Å². The second-order valence-corrected chi connectivity index (χ2v) is 7.76. The number of pyridine rings is 1. The van der Waals surface area contributed by atoms with E-state index in [1.54, 1.807) is 41.3 Å². The summed E-state index contributed by atoms with van der Waals surface area (Å²) in [6.45, 7) is 3.15. The summed E-state index contributed by atoms with van der Waals surface area (Å²) < 4.78 is 0. The van der Waals surface area contributed by atoms with Gasteiger partial charge in [0, 0.05) is 42.7 Å². The molecule has 0 bridgehead atoms. The molecule has 1 aliphatic rings. The van der Waals surface area contributed by atoms with E-state index < -0.39 is 6.09 Å². The van der Waals surface area contributed by atoms with Crippen molar-refractivity contribution in [2.45, 2.75) is 6.92 Å². The standard InChI is InChI=1S/C23H19ClN4O3/c1-14-20(24)18-6-5-17(22(29)27-7-9-28(10-8-27)23(30)31)12-19(18)26-21(14)16-4-2-3-15(11-16)13-25/h2-6,11-12H,7-10H2,1H3,(H,30,31). The van der Waals surface area contributed by atoms with Gasteiger partial charge in [0.1, 0.15) is 0 Å². The Labute approximate surface area is 184 Å². The monoisotopic (exact) mass is 434 g/mol. The van der Waals surface area contributed by atoms with Crippen LogP contribution in [0.5, 0.6) is 0 Å². The highest BCUT2D eigenvalue weighted by atomic mass is 35.5. The van der Waals surface area contributed by atoms with Crippen LogP contribution in [0.3, 0.4) is 0 Å². The number of rotatable bonds is 2. The predicted octanol–water partition coefficient (Wildman–Crippen LogP) is 4.17. The number of carbonyl (C=O) groups excluding carboxylic acids is 1. The van der Waals surface area contributed by atoms with E-state index in [0.29, 0.717) is 40.4 Å². The van der Waals surface area contributed by atoms with E-state index in [1.807, 2.05) is 13.0 Å². The Kier molecular flexibility index (Phi) is 5.49. The molecule has 1 aliphatic heterocycles. The first-order valence-corrected chi connectivity index (χ1v) is 10.1. The number of aromatic nitrogens is 1. The van der Waals surface area contributed by atoms with Gasteiger partial charge in [0.2, 0.25) is 0 Å². The van der Waals surface area contributed by atoms with Gasteiger partial charge in [-0.2, -0.15) is 5.26 Å². The Morgan fingerprint density at radius 1 is 1.10 bits per heavy atom. The van der Waals surface area contributed by atoms with Gasteiger partial charge in [0.05, 0.1) is 27.9 Å². The summed E-state index contributed by atoms with van der Waals surface area (Å²) in [6, 6.07) is 14.5. The summed E-state index contributed by atoms with van der Waals surface area (Å²) in [5, 5.41) is 19.6. The SMILES string of the molecule is Cc1c(-c2cccc(C#N)c2)nc2cc(C(=O)N3CCN(C(=O)O)CC3)ccc2c1Cl. The molecule has 7 nitrogen and oxygen atoms in total. The van der Waals surface area contributed by atoms with Gasteiger partial charge in [-0.25, -0.2) is 9.78 Å². The third-order valence-electron chi connectivity index (χ3n) is 5.50. The normalized spacial score (nSPS) is 13.8. The van der Waals surface area contributed by atoms with E-state index >= 15 is 0 Å². The molecule has 0 atom stereocenters. The third-order valence-corrected chi connectivity index (χ3v) is 5.99. The number of hydrogen-bond acceptors (Lipinski definition) is 4. The number of piperazine rings is 1. The smallest absolute Gasteiger partial charge is 0.407 e. The van der Waals surface area contributed by atoms with Gasteiger partial charge in [0.15, 0.2) is 0 Å². The maximum Gasteiger partial charge on any atom is 0.407 e. The summed E-state index contributed by atoms with van der Waals surface area (Å²) in [7, 11) is 0. The van der Waals surface area contributed by atoms with Crippen molar-refractivity contribution in [1.29, 1.82) is 5.26 Å². The topological polar surface area (TPSA) is 97.5 Å². The minimum absolute atomic E-state index is 0.168. The van der Waals surface area contributed by atoms with Gasteiger partial charge in [-0.15, -0.1) is 0 Å². The van der Waals surface area contributed by atoms with Crippen LogP contribution in [0.4, 0.5) is 4.79 Å². The number of nitrogens with zero attached hydrogens (tertiary/aromatic N) is 4. The van der Waals surface area contributed by atoms with Crippen LogP contribution < -0.4 is 0 Å². The van der Waals surface area contributed by atoms with Gasteiger partial charge < -0.3 is 14.9 Å². The number of carbonyl (C=O) groups is 2. The molecule has 1 aromatic heterocycles. The van der Waals surface area contributed by atoms with Crippen molar-refractivity contribution in [3.05, 3.63) is 64.2 Å². The number of fused-ring (bicyclic) bond motifs is 1. The first-order chi connectivity index (χ1) is 14.9. The molecule has 0 radical (unpaired) electrons. The Bertz CT molecular complexity index is 1240. The van der Waals surface area contributed by atoms with E-state index in [2.05, 4.69) is 6.07 Å². The molecule has 1 fully saturated rings. The molecule has 3 aromatic rings. The first-order valence-electron chi connectivity index (χ1n) is 9.76. The molecule has 1 N–H and O–H groups in total. The molecule has 2 aromatic carbocycles. The van der Waals surface area contributed by atoms with Gasteiger partial charge in [-0.1, -0.05) is 29.8 Å². The van der Waals surface area contributed by atoms with Crippen LogP contribution >= 0.6 is 11.6 Å². The maximum absolute atomic E-state index is 13.0. The second kappa shape index (κ2) is 8.25. The van der Waals surface area contributed by atoms with Crippen LogP contribution in [0, 0.1) is 18.3 Å². The average Bonchev–Trinajstić information content (AvgIpc) is 2.80. The highest BCUT2D eigenvalue weighted by Crippen LogP contribution is 2.33. The lowest BCUT2D eigenvalue weighted by atomic mass is 10.0. The first kappa shape index (κ1) is 20.6. The molecule has 8 heteroatoms. The Balaban J connectivity index is 1.70. The van der Waals surface area contributed by atoms with Crippen LogP contribution in [0.1, 0.15) is 21.5 Å². The summed E-state index contributed by atoms with van der Waals surface area (Å²) in [5.74, 6) is -0.168. The van der Waals surface area contributed by atoms with Crippen LogP contribution in [-0.2, 0) is 0 Å². The van der Waals surface area contributed by atoms with Gasteiger partial charge in [-0.3, -0.25) is 4.79 Å². The molecule has 0 spiro atoms. The number of amides is 2. The molecule has 2 amide bonds. The zero-order valence-electron chi connectivity index (χ0n) is 16.8. The minimum Gasteiger partial charge on any atom is -0.465 e. The maximum atomic E-state index is 13.0. The van der Waals surface area contributed by atoms with Crippen LogP contribution in [0.15, 0.2) is 42.5 Å².